The number of amides is 1. The standard InChI is InChI=1S/C10H17N5O3/c1-6(2)8(9(11)16)12-3-4-15-5-7(10(17)18)13-14-15/h5-6,8,12H,3-4H2,1-2H3,(H2,11,16)(H,17,18). The Morgan fingerprint density at radius 3 is 2.67 bits per heavy atom. The normalized spacial score (nSPS) is 12.6. The molecular weight excluding hydrogens is 238 g/mol. The molecule has 1 aromatic heterocycles. The highest BCUT2D eigenvalue weighted by Gasteiger charge is 2.18. The lowest BCUT2D eigenvalue weighted by molar-refractivity contribution is -0.121. The molecule has 4 N–H and O–H groups in total. The van der Waals surface area contributed by atoms with Crippen molar-refractivity contribution in [1.29, 1.82) is 0 Å². The minimum Gasteiger partial charge on any atom is -0.476 e. The number of rotatable bonds is 7. The van der Waals surface area contributed by atoms with Crippen LogP contribution in [0.5, 0.6) is 0 Å². The number of hydrogen-bond acceptors (Lipinski definition) is 5. The number of nitrogens with zero attached hydrogens (tertiary/aromatic N) is 3. The van der Waals surface area contributed by atoms with E-state index < -0.39 is 17.9 Å². The van der Waals surface area contributed by atoms with Crippen LogP contribution in [0.4, 0.5) is 0 Å². The molecule has 0 aliphatic heterocycles. The van der Waals surface area contributed by atoms with Crippen LogP contribution in [0.25, 0.3) is 0 Å². The molecule has 100 valence electrons. The number of nitrogens with one attached hydrogen (secondary N) is 1. The average molecular weight is 255 g/mol. The number of nitrogens with two attached hydrogens (primary N) is 1. The number of aromatic carboxylic acids is 1. The van der Waals surface area contributed by atoms with Gasteiger partial charge in [0.2, 0.25) is 5.91 Å². The molecule has 0 aromatic carbocycles. The maximum atomic E-state index is 11.1. The van der Waals surface area contributed by atoms with E-state index >= 15 is 0 Å². The summed E-state index contributed by atoms with van der Waals surface area (Å²) in [4.78, 5) is 21.7. The number of carbonyl (C=O) groups excluding carboxylic acids is 1. The smallest absolute Gasteiger partial charge is 0.358 e. The number of carboxylic acids is 1. The summed E-state index contributed by atoms with van der Waals surface area (Å²) < 4.78 is 1.40. The van der Waals surface area contributed by atoms with Crippen LogP contribution in [-0.4, -0.2) is 44.6 Å². The van der Waals surface area contributed by atoms with Crippen LogP contribution in [0.2, 0.25) is 0 Å². The molecule has 0 aliphatic rings. The van der Waals surface area contributed by atoms with Crippen molar-refractivity contribution in [2.75, 3.05) is 6.54 Å². The third-order valence-corrected chi connectivity index (χ3v) is 2.44. The molecule has 0 spiro atoms. The summed E-state index contributed by atoms with van der Waals surface area (Å²) in [5.41, 5.74) is 5.14. The second-order valence-corrected chi connectivity index (χ2v) is 4.25. The fraction of sp³-hybridized carbons (Fsp3) is 0.600. The van der Waals surface area contributed by atoms with Gasteiger partial charge < -0.3 is 16.2 Å². The molecule has 1 aromatic rings. The van der Waals surface area contributed by atoms with Crippen molar-refractivity contribution >= 4 is 11.9 Å². The summed E-state index contributed by atoms with van der Waals surface area (Å²) in [5.74, 6) is -1.44. The Kier molecular flexibility index (Phi) is 4.78. The predicted molar refractivity (Wildman–Crippen MR) is 62.8 cm³/mol. The topological polar surface area (TPSA) is 123 Å². The number of hydrogen-bond donors (Lipinski definition) is 3. The Balaban J connectivity index is 2.45. The molecule has 0 saturated carbocycles. The molecule has 8 nitrogen and oxygen atoms in total. The third kappa shape index (κ3) is 3.81. The lowest BCUT2D eigenvalue weighted by Gasteiger charge is -2.18. The number of carbonyl (C=O) groups is 2. The first-order valence-corrected chi connectivity index (χ1v) is 5.58. The number of primary amides is 1. The van der Waals surface area contributed by atoms with Gasteiger partial charge >= 0.3 is 5.97 Å². The van der Waals surface area contributed by atoms with E-state index in [0.29, 0.717) is 13.1 Å². The van der Waals surface area contributed by atoms with Crippen LogP contribution in [0.15, 0.2) is 6.20 Å². The second-order valence-electron chi connectivity index (χ2n) is 4.25. The van der Waals surface area contributed by atoms with E-state index in [2.05, 4.69) is 15.6 Å². The Hall–Kier alpha value is -1.96. The van der Waals surface area contributed by atoms with E-state index in [0.717, 1.165) is 0 Å². The molecule has 1 amide bonds. The monoisotopic (exact) mass is 255 g/mol. The largest absolute Gasteiger partial charge is 0.476 e. The van der Waals surface area contributed by atoms with E-state index in [1.165, 1.54) is 10.9 Å². The van der Waals surface area contributed by atoms with Crippen LogP contribution in [0.1, 0.15) is 24.3 Å². The van der Waals surface area contributed by atoms with Gasteiger partial charge in [-0.1, -0.05) is 19.1 Å². The Morgan fingerprint density at radius 2 is 2.22 bits per heavy atom. The fourth-order valence-electron chi connectivity index (χ4n) is 1.51. The maximum Gasteiger partial charge on any atom is 0.358 e. The molecule has 1 heterocycles. The summed E-state index contributed by atoms with van der Waals surface area (Å²) in [6, 6.07) is -0.410. The van der Waals surface area contributed by atoms with Gasteiger partial charge in [0.15, 0.2) is 5.69 Å². The molecule has 0 bridgehead atoms. The van der Waals surface area contributed by atoms with Gasteiger partial charge in [0.1, 0.15) is 0 Å². The lowest BCUT2D eigenvalue weighted by atomic mass is 10.0. The molecule has 1 unspecified atom stereocenters. The van der Waals surface area contributed by atoms with Gasteiger partial charge in [-0.15, -0.1) is 5.10 Å². The molecule has 18 heavy (non-hydrogen) atoms. The number of aromatic nitrogens is 3. The highest BCUT2D eigenvalue weighted by Crippen LogP contribution is 2.00. The zero-order valence-corrected chi connectivity index (χ0v) is 10.3. The molecule has 0 aliphatic carbocycles. The maximum absolute atomic E-state index is 11.1. The molecule has 8 heteroatoms. The number of carboxylic acid groups (broad SMARTS) is 1. The minimum atomic E-state index is -1.12. The van der Waals surface area contributed by atoms with E-state index in [4.69, 9.17) is 10.8 Å². The van der Waals surface area contributed by atoms with Gasteiger partial charge in [-0.05, 0) is 5.92 Å². The fourth-order valence-corrected chi connectivity index (χ4v) is 1.51. The van der Waals surface area contributed by atoms with Crippen molar-refractivity contribution in [3.63, 3.8) is 0 Å². The Morgan fingerprint density at radius 1 is 1.56 bits per heavy atom. The van der Waals surface area contributed by atoms with Crippen molar-refractivity contribution in [1.82, 2.24) is 20.3 Å². The SMILES string of the molecule is CC(C)C(NCCn1cc(C(=O)O)nn1)C(N)=O. The first kappa shape index (κ1) is 14.1. The van der Waals surface area contributed by atoms with E-state index in [1.807, 2.05) is 13.8 Å². The Bertz CT molecular complexity index is 429. The molecule has 0 fully saturated rings. The summed E-state index contributed by atoms with van der Waals surface area (Å²) in [7, 11) is 0. The zero-order chi connectivity index (χ0) is 13.7. The summed E-state index contributed by atoms with van der Waals surface area (Å²) in [6.07, 6.45) is 1.33. The van der Waals surface area contributed by atoms with Gasteiger partial charge in [0, 0.05) is 6.54 Å². The quantitative estimate of drug-likeness (QED) is 0.578. The van der Waals surface area contributed by atoms with E-state index in [1.54, 1.807) is 0 Å². The second kappa shape index (κ2) is 6.10. The minimum absolute atomic E-state index is 0.0906. The van der Waals surface area contributed by atoms with Crippen LogP contribution < -0.4 is 11.1 Å². The van der Waals surface area contributed by atoms with Gasteiger partial charge in [-0.2, -0.15) is 0 Å². The lowest BCUT2D eigenvalue weighted by Crippen LogP contribution is -2.46. The van der Waals surface area contributed by atoms with Gasteiger partial charge in [-0.25, -0.2) is 4.79 Å². The van der Waals surface area contributed by atoms with Gasteiger partial charge in [0.05, 0.1) is 18.8 Å². The summed E-state index contributed by atoms with van der Waals surface area (Å²) >= 11 is 0. The highest BCUT2D eigenvalue weighted by atomic mass is 16.4. The van der Waals surface area contributed by atoms with Crippen LogP contribution in [-0.2, 0) is 11.3 Å². The third-order valence-electron chi connectivity index (χ3n) is 2.44. The van der Waals surface area contributed by atoms with Crippen molar-refractivity contribution in [2.45, 2.75) is 26.4 Å². The van der Waals surface area contributed by atoms with Crippen molar-refractivity contribution in [3.8, 4) is 0 Å². The van der Waals surface area contributed by atoms with Crippen LogP contribution >= 0.6 is 0 Å². The Labute approximate surface area is 104 Å². The van der Waals surface area contributed by atoms with Gasteiger partial charge in [-0.3, -0.25) is 9.48 Å². The first-order valence-electron chi connectivity index (χ1n) is 5.58. The molecule has 1 rings (SSSR count). The molecule has 1 atom stereocenters. The molecule has 0 saturated heterocycles. The first-order chi connectivity index (χ1) is 8.41. The van der Waals surface area contributed by atoms with E-state index in [9.17, 15) is 9.59 Å². The highest BCUT2D eigenvalue weighted by molar-refractivity contribution is 5.84. The van der Waals surface area contributed by atoms with Gasteiger partial charge in [0.25, 0.3) is 0 Å². The van der Waals surface area contributed by atoms with Crippen LogP contribution in [0.3, 0.4) is 0 Å². The van der Waals surface area contributed by atoms with Crippen molar-refractivity contribution < 1.29 is 14.7 Å². The van der Waals surface area contributed by atoms with E-state index in [-0.39, 0.29) is 11.6 Å². The van der Waals surface area contributed by atoms with Crippen LogP contribution in [0, 0.1) is 5.92 Å². The zero-order valence-electron chi connectivity index (χ0n) is 10.3. The molecular formula is C10H17N5O3. The summed E-state index contributed by atoms with van der Waals surface area (Å²) in [5, 5.41) is 18.8. The molecule has 0 radical (unpaired) electrons. The predicted octanol–water partition coefficient (Wildman–Crippen LogP) is -0.924. The van der Waals surface area contributed by atoms with Crippen molar-refractivity contribution in [3.05, 3.63) is 11.9 Å². The summed E-state index contributed by atoms with van der Waals surface area (Å²) in [6.45, 7) is 4.64. The average Bonchev–Trinajstić information content (AvgIpc) is 2.71. The van der Waals surface area contributed by atoms with Crippen molar-refractivity contribution in [2.24, 2.45) is 11.7 Å².